The molecule has 0 spiro atoms. The summed E-state index contributed by atoms with van der Waals surface area (Å²) in [6.07, 6.45) is 2.34. The summed E-state index contributed by atoms with van der Waals surface area (Å²) in [7, 11) is 0. The molecule has 3 aromatic rings. The maximum Gasteiger partial charge on any atom is 0.107 e. The molecule has 0 bridgehead atoms. The maximum absolute atomic E-state index is 5.69. The fourth-order valence-electron chi connectivity index (χ4n) is 2.84. The number of nitrogens with zero attached hydrogens (tertiary/aromatic N) is 1. The Bertz CT molecular complexity index is 743. The molecule has 1 aromatic heterocycles. The lowest BCUT2D eigenvalue weighted by atomic mass is 10.0. The highest BCUT2D eigenvalue weighted by Crippen LogP contribution is 2.37. The summed E-state index contributed by atoms with van der Waals surface area (Å²) >= 11 is 1.73. The van der Waals surface area contributed by atoms with E-state index in [1.165, 1.54) is 39.4 Å². The summed E-state index contributed by atoms with van der Waals surface area (Å²) in [5, 5.41) is 3.78. The second-order valence-electron chi connectivity index (χ2n) is 4.53. The third kappa shape index (κ3) is 1.21. The summed E-state index contributed by atoms with van der Waals surface area (Å²) < 4.78 is 1.28. The Hall–Kier alpha value is -1.45. The van der Waals surface area contributed by atoms with Gasteiger partial charge in [-0.2, -0.15) is 0 Å². The molecule has 4 rings (SSSR count). The molecule has 17 heavy (non-hydrogen) atoms. The number of fused-ring (bicyclic) bond motifs is 2. The number of hydrogen-bond acceptors (Lipinski definition) is 3. The van der Waals surface area contributed by atoms with Crippen LogP contribution in [0.5, 0.6) is 0 Å². The van der Waals surface area contributed by atoms with Crippen molar-refractivity contribution in [1.29, 1.82) is 0 Å². The minimum Gasteiger partial charge on any atom is -0.325 e. The Labute approximate surface area is 103 Å². The van der Waals surface area contributed by atoms with Gasteiger partial charge >= 0.3 is 0 Å². The van der Waals surface area contributed by atoms with Gasteiger partial charge in [0.1, 0.15) is 5.01 Å². The molecule has 0 fully saturated rings. The van der Waals surface area contributed by atoms with Crippen molar-refractivity contribution in [3.8, 4) is 0 Å². The van der Waals surface area contributed by atoms with Gasteiger partial charge in [-0.1, -0.05) is 18.2 Å². The van der Waals surface area contributed by atoms with E-state index in [0.29, 0.717) is 6.54 Å². The molecule has 0 saturated carbocycles. The largest absolute Gasteiger partial charge is 0.325 e. The first-order valence-electron chi connectivity index (χ1n) is 5.90. The highest BCUT2D eigenvalue weighted by Gasteiger charge is 2.17. The first kappa shape index (κ1) is 9.57. The molecule has 2 nitrogen and oxygen atoms in total. The summed E-state index contributed by atoms with van der Waals surface area (Å²) in [5.41, 5.74) is 9.78. The van der Waals surface area contributed by atoms with Crippen LogP contribution >= 0.6 is 11.3 Å². The Morgan fingerprint density at radius 1 is 1.24 bits per heavy atom. The quantitative estimate of drug-likeness (QED) is 0.710. The lowest BCUT2D eigenvalue weighted by molar-refractivity contribution is 1.03. The van der Waals surface area contributed by atoms with Gasteiger partial charge in [0.2, 0.25) is 0 Å². The van der Waals surface area contributed by atoms with Crippen LogP contribution in [0.2, 0.25) is 0 Å². The minimum absolute atomic E-state index is 0.538. The summed E-state index contributed by atoms with van der Waals surface area (Å²) in [6, 6.07) is 8.88. The molecule has 0 atom stereocenters. The van der Waals surface area contributed by atoms with Crippen LogP contribution in [0.25, 0.3) is 21.0 Å². The van der Waals surface area contributed by atoms with E-state index >= 15 is 0 Å². The monoisotopic (exact) mass is 240 g/mol. The molecular formula is C14H12N2S. The molecule has 2 aromatic carbocycles. The van der Waals surface area contributed by atoms with Gasteiger partial charge in [0.05, 0.1) is 10.2 Å². The van der Waals surface area contributed by atoms with Crippen molar-refractivity contribution in [2.75, 3.05) is 0 Å². The third-order valence-corrected chi connectivity index (χ3v) is 4.59. The van der Waals surface area contributed by atoms with E-state index in [-0.39, 0.29) is 0 Å². The van der Waals surface area contributed by atoms with Gasteiger partial charge in [-0.3, -0.25) is 0 Å². The van der Waals surface area contributed by atoms with Crippen LogP contribution < -0.4 is 5.73 Å². The molecule has 1 heterocycles. The van der Waals surface area contributed by atoms with Crippen molar-refractivity contribution >= 4 is 32.3 Å². The summed E-state index contributed by atoms with van der Waals surface area (Å²) in [4.78, 5) is 4.66. The van der Waals surface area contributed by atoms with E-state index < -0.39 is 0 Å². The fraction of sp³-hybridized carbons (Fsp3) is 0.214. The van der Waals surface area contributed by atoms with Gasteiger partial charge in [0.15, 0.2) is 0 Å². The topological polar surface area (TPSA) is 38.9 Å². The van der Waals surface area contributed by atoms with E-state index in [1.807, 2.05) is 0 Å². The Kier molecular flexibility index (Phi) is 1.84. The highest BCUT2D eigenvalue weighted by molar-refractivity contribution is 7.18. The molecular weight excluding hydrogens is 228 g/mol. The first-order valence-corrected chi connectivity index (χ1v) is 6.71. The first-order chi connectivity index (χ1) is 8.36. The van der Waals surface area contributed by atoms with Crippen LogP contribution in [-0.4, -0.2) is 4.98 Å². The van der Waals surface area contributed by atoms with Crippen molar-refractivity contribution in [1.82, 2.24) is 4.98 Å². The Balaban J connectivity index is 2.24. The van der Waals surface area contributed by atoms with E-state index in [1.54, 1.807) is 11.3 Å². The van der Waals surface area contributed by atoms with E-state index in [9.17, 15) is 0 Å². The molecule has 3 heteroatoms. The van der Waals surface area contributed by atoms with Crippen LogP contribution in [0, 0.1) is 0 Å². The average Bonchev–Trinajstić information content (AvgIpc) is 2.95. The molecule has 1 aliphatic carbocycles. The Morgan fingerprint density at radius 3 is 3.00 bits per heavy atom. The zero-order valence-corrected chi connectivity index (χ0v) is 10.2. The smallest absolute Gasteiger partial charge is 0.107 e. The zero-order chi connectivity index (χ0) is 11.4. The summed E-state index contributed by atoms with van der Waals surface area (Å²) in [6.45, 7) is 0.538. The molecule has 1 aliphatic rings. The van der Waals surface area contributed by atoms with Gasteiger partial charge in [0, 0.05) is 11.9 Å². The third-order valence-electron chi connectivity index (χ3n) is 3.57. The standard InChI is InChI=1S/C14H12N2S/c15-7-12-16-14-10-3-1-2-8-4-5-9(13(8)10)6-11(14)17-12/h1-3,6H,4-5,7,15H2. The summed E-state index contributed by atoms with van der Waals surface area (Å²) in [5.74, 6) is 0. The second kappa shape index (κ2) is 3.28. The van der Waals surface area contributed by atoms with Gasteiger partial charge in [-0.05, 0) is 35.4 Å². The number of rotatable bonds is 1. The maximum atomic E-state index is 5.69. The number of hydrogen-bond donors (Lipinski definition) is 1. The SMILES string of the molecule is NCc1nc2c(cc3c4c(cccc42)CC3)s1. The van der Waals surface area contributed by atoms with Crippen LogP contribution in [0.4, 0.5) is 0 Å². The van der Waals surface area contributed by atoms with Gasteiger partial charge in [-0.15, -0.1) is 11.3 Å². The molecule has 0 unspecified atom stereocenters. The molecule has 84 valence electrons. The van der Waals surface area contributed by atoms with Gasteiger partial charge < -0.3 is 5.73 Å². The van der Waals surface area contributed by atoms with Crippen LogP contribution in [0.1, 0.15) is 16.1 Å². The van der Waals surface area contributed by atoms with Gasteiger partial charge in [0.25, 0.3) is 0 Å². The molecule has 0 saturated heterocycles. The lowest BCUT2D eigenvalue weighted by Crippen LogP contribution is -1.93. The number of nitrogens with two attached hydrogens (primary N) is 1. The van der Waals surface area contributed by atoms with Crippen molar-refractivity contribution in [2.45, 2.75) is 19.4 Å². The fourth-order valence-corrected chi connectivity index (χ4v) is 3.77. The number of aromatic nitrogens is 1. The molecule has 0 amide bonds. The number of aryl methyl sites for hydroxylation is 2. The van der Waals surface area contributed by atoms with Crippen molar-refractivity contribution in [3.63, 3.8) is 0 Å². The predicted octanol–water partition coefficient (Wildman–Crippen LogP) is 3.01. The van der Waals surface area contributed by atoms with Crippen molar-refractivity contribution in [3.05, 3.63) is 40.4 Å². The van der Waals surface area contributed by atoms with Crippen LogP contribution in [0.15, 0.2) is 24.3 Å². The Morgan fingerprint density at radius 2 is 2.12 bits per heavy atom. The lowest BCUT2D eigenvalue weighted by Gasteiger charge is -2.02. The number of thiazole rings is 1. The normalized spacial score (nSPS) is 13.9. The number of benzene rings is 2. The zero-order valence-electron chi connectivity index (χ0n) is 9.36. The van der Waals surface area contributed by atoms with Gasteiger partial charge in [-0.25, -0.2) is 4.98 Å². The highest BCUT2D eigenvalue weighted by atomic mass is 32.1. The van der Waals surface area contributed by atoms with Crippen LogP contribution in [0.3, 0.4) is 0 Å². The predicted molar refractivity (Wildman–Crippen MR) is 72.4 cm³/mol. The molecule has 0 aliphatic heterocycles. The van der Waals surface area contributed by atoms with Crippen molar-refractivity contribution < 1.29 is 0 Å². The van der Waals surface area contributed by atoms with Crippen molar-refractivity contribution in [2.24, 2.45) is 5.73 Å². The molecule has 0 radical (unpaired) electrons. The van der Waals surface area contributed by atoms with Crippen LogP contribution in [-0.2, 0) is 19.4 Å². The minimum atomic E-state index is 0.538. The second-order valence-corrected chi connectivity index (χ2v) is 5.65. The van der Waals surface area contributed by atoms with E-state index in [0.717, 1.165) is 10.5 Å². The van der Waals surface area contributed by atoms with E-state index in [2.05, 4.69) is 29.2 Å². The van der Waals surface area contributed by atoms with E-state index in [4.69, 9.17) is 5.73 Å². The molecule has 2 N–H and O–H groups in total. The average molecular weight is 240 g/mol.